The monoisotopic (exact) mass is 342 g/mol. The van der Waals surface area contributed by atoms with Crippen LogP contribution in [-0.4, -0.2) is 38.1 Å². The van der Waals surface area contributed by atoms with Crippen molar-refractivity contribution in [2.75, 3.05) is 26.2 Å². The summed E-state index contributed by atoms with van der Waals surface area (Å²) in [6, 6.07) is 8.62. The zero-order valence-corrected chi connectivity index (χ0v) is 15.0. The first-order valence-corrected chi connectivity index (χ1v) is 9.58. The van der Waals surface area contributed by atoms with E-state index in [0.717, 1.165) is 19.5 Å². The Kier molecular flexibility index (Phi) is 6.79. The molecule has 1 unspecified atom stereocenters. The summed E-state index contributed by atoms with van der Waals surface area (Å²) in [5, 5.41) is 3.21. The number of morpholine rings is 1. The van der Waals surface area contributed by atoms with E-state index in [1.54, 1.807) is 0 Å². The number of ketones is 1. The van der Waals surface area contributed by atoms with Crippen molar-refractivity contribution in [2.24, 2.45) is 11.7 Å². The highest BCUT2D eigenvalue weighted by Gasteiger charge is 2.21. The van der Waals surface area contributed by atoms with Gasteiger partial charge in [0.05, 0.1) is 6.61 Å². The van der Waals surface area contributed by atoms with Crippen molar-refractivity contribution in [3.8, 4) is 0 Å². The van der Waals surface area contributed by atoms with E-state index in [1.807, 2.05) is 0 Å². The van der Waals surface area contributed by atoms with Gasteiger partial charge in [0.1, 0.15) is 6.10 Å². The third-order valence-corrected chi connectivity index (χ3v) is 5.38. The highest BCUT2D eigenvalue weighted by Crippen LogP contribution is 2.29. The van der Waals surface area contributed by atoms with Crippen LogP contribution in [0.5, 0.6) is 0 Å². The minimum Gasteiger partial charge on any atom is -0.368 e. The van der Waals surface area contributed by atoms with Crippen LogP contribution in [0.3, 0.4) is 0 Å². The molecule has 1 aliphatic carbocycles. The molecule has 136 valence electrons. The van der Waals surface area contributed by atoms with Crippen molar-refractivity contribution < 1.29 is 9.53 Å². The smallest absolute Gasteiger partial charge is 0.163 e. The molecule has 0 amide bonds. The quantitative estimate of drug-likeness (QED) is 0.834. The van der Waals surface area contributed by atoms with E-state index in [2.05, 4.69) is 35.7 Å². The SMILES string of the molecule is NCC1CCC(=Cc2ccc(CCC(=O)C3CNCCO3)cc2)CC1. The average Bonchev–Trinajstić information content (AvgIpc) is 2.68. The van der Waals surface area contributed by atoms with Crippen molar-refractivity contribution in [3.05, 3.63) is 41.0 Å². The Morgan fingerprint density at radius 3 is 2.64 bits per heavy atom. The summed E-state index contributed by atoms with van der Waals surface area (Å²) in [7, 11) is 0. The van der Waals surface area contributed by atoms with E-state index in [4.69, 9.17) is 10.5 Å². The first kappa shape index (κ1) is 18.3. The van der Waals surface area contributed by atoms with Crippen LogP contribution in [0.15, 0.2) is 29.8 Å². The lowest BCUT2D eigenvalue weighted by atomic mass is 9.85. The average molecular weight is 342 g/mol. The lowest BCUT2D eigenvalue weighted by Crippen LogP contribution is -2.43. The molecule has 0 radical (unpaired) electrons. The Balaban J connectivity index is 1.48. The van der Waals surface area contributed by atoms with Crippen LogP contribution in [0, 0.1) is 5.92 Å². The molecule has 0 bridgehead atoms. The largest absolute Gasteiger partial charge is 0.368 e. The summed E-state index contributed by atoms with van der Waals surface area (Å²) in [5.41, 5.74) is 9.77. The molecule has 1 heterocycles. The molecule has 4 heteroatoms. The molecular weight excluding hydrogens is 312 g/mol. The Labute approximate surface area is 150 Å². The van der Waals surface area contributed by atoms with Crippen LogP contribution in [-0.2, 0) is 16.0 Å². The second kappa shape index (κ2) is 9.27. The fraction of sp³-hybridized carbons (Fsp3) is 0.571. The third kappa shape index (κ3) is 5.50. The fourth-order valence-corrected chi connectivity index (χ4v) is 3.65. The predicted octanol–water partition coefficient (Wildman–Crippen LogP) is 2.71. The van der Waals surface area contributed by atoms with Crippen LogP contribution in [0.2, 0.25) is 0 Å². The molecule has 0 spiro atoms. The van der Waals surface area contributed by atoms with Crippen molar-refractivity contribution in [3.63, 3.8) is 0 Å². The van der Waals surface area contributed by atoms with Gasteiger partial charge in [0.15, 0.2) is 5.78 Å². The number of hydrogen-bond acceptors (Lipinski definition) is 4. The Bertz CT molecular complexity index is 578. The number of ether oxygens (including phenoxy) is 1. The maximum absolute atomic E-state index is 12.2. The molecule has 3 N–H and O–H groups in total. The van der Waals surface area contributed by atoms with Gasteiger partial charge in [0, 0.05) is 19.5 Å². The van der Waals surface area contributed by atoms with E-state index < -0.39 is 0 Å². The molecule has 1 aromatic rings. The summed E-state index contributed by atoms with van der Waals surface area (Å²) in [6.07, 6.45) is 8.19. The number of nitrogens with one attached hydrogen (secondary N) is 1. The number of carbonyl (C=O) groups is 1. The van der Waals surface area contributed by atoms with Gasteiger partial charge in [-0.05, 0) is 55.7 Å². The second-order valence-corrected chi connectivity index (χ2v) is 7.25. The molecule has 1 aromatic carbocycles. The summed E-state index contributed by atoms with van der Waals surface area (Å²) < 4.78 is 5.52. The summed E-state index contributed by atoms with van der Waals surface area (Å²) >= 11 is 0. The van der Waals surface area contributed by atoms with Gasteiger partial charge < -0.3 is 15.8 Å². The van der Waals surface area contributed by atoms with Crippen molar-refractivity contribution >= 4 is 11.9 Å². The van der Waals surface area contributed by atoms with Crippen LogP contribution in [0.1, 0.15) is 43.2 Å². The summed E-state index contributed by atoms with van der Waals surface area (Å²) in [6.45, 7) is 2.94. The number of Topliss-reactive ketones (excluding diaryl/α,β-unsaturated/α-hetero) is 1. The van der Waals surface area contributed by atoms with Gasteiger partial charge >= 0.3 is 0 Å². The van der Waals surface area contributed by atoms with Crippen molar-refractivity contribution in [1.82, 2.24) is 5.32 Å². The van der Waals surface area contributed by atoms with Crippen LogP contribution >= 0.6 is 0 Å². The predicted molar refractivity (Wildman–Crippen MR) is 101 cm³/mol. The molecule has 4 nitrogen and oxygen atoms in total. The molecule has 0 aromatic heterocycles. The zero-order chi connectivity index (χ0) is 17.5. The molecule has 2 fully saturated rings. The molecule has 1 aliphatic heterocycles. The number of benzene rings is 1. The minimum absolute atomic E-state index is 0.204. The number of allylic oxidation sites excluding steroid dienone is 1. The lowest BCUT2D eigenvalue weighted by Gasteiger charge is -2.22. The molecule has 1 saturated carbocycles. The van der Waals surface area contributed by atoms with Crippen LogP contribution in [0.25, 0.3) is 6.08 Å². The summed E-state index contributed by atoms with van der Waals surface area (Å²) in [4.78, 5) is 12.2. The van der Waals surface area contributed by atoms with Crippen molar-refractivity contribution in [2.45, 2.75) is 44.6 Å². The van der Waals surface area contributed by atoms with Crippen molar-refractivity contribution in [1.29, 1.82) is 0 Å². The highest BCUT2D eigenvalue weighted by atomic mass is 16.5. The number of hydrogen-bond donors (Lipinski definition) is 2. The Morgan fingerprint density at radius 1 is 1.24 bits per heavy atom. The van der Waals surface area contributed by atoms with Gasteiger partial charge in [-0.2, -0.15) is 0 Å². The third-order valence-electron chi connectivity index (χ3n) is 5.38. The topological polar surface area (TPSA) is 64.4 Å². The van der Waals surface area contributed by atoms with E-state index in [1.165, 1.54) is 42.4 Å². The lowest BCUT2D eigenvalue weighted by molar-refractivity contribution is -0.131. The number of rotatable bonds is 6. The highest BCUT2D eigenvalue weighted by molar-refractivity contribution is 5.83. The van der Waals surface area contributed by atoms with E-state index >= 15 is 0 Å². The molecular formula is C21H30N2O2. The molecule has 1 atom stereocenters. The maximum atomic E-state index is 12.2. The first-order chi connectivity index (χ1) is 12.2. The van der Waals surface area contributed by atoms with Gasteiger partial charge in [0.2, 0.25) is 0 Å². The van der Waals surface area contributed by atoms with E-state index in [9.17, 15) is 4.79 Å². The minimum atomic E-state index is -0.263. The van der Waals surface area contributed by atoms with Crippen LogP contribution < -0.4 is 11.1 Å². The molecule has 25 heavy (non-hydrogen) atoms. The van der Waals surface area contributed by atoms with Gasteiger partial charge in [-0.3, -0.25) is 4.79 Å². The maximum Gasteiger partial charge on any atom is 0.163 e. The Hall–Kier alpha value is -1.49. The fourth-order valence-electron chi connectivity index (χ4n) is 3.65. The number of carbonyl (C=O) groups excluding carboxylic acids is 1. The van der Waals surface area contributed by atoms with Gasteiger partial charge in [-0.25, -0.2) is 0 Å². The Morgan fingerprint density at radius 2 is 2.00 bits per heavy atom. The molecule has 1 saturated heterocycles. The van der Waals surface area contributed by atoms with Gasteiger partial charge in [-0.15, -0.1) is 0 Å². The van der Waals surface area contributed by atoms with Crippen LogP contribution in [0.4, 0.5) is 0 Å². The summed E-state index contributed by atoms with van der Waals surface area (Å²) in [5.74, 6) is 0.912. The number of nitrogens with two attached hydrogens (primary N) is 1. The molecule has 2 aliphatic rings. The van der Waals surface area contributed by atoms with E-state index in [0.29, 0.717) is 25.5 Å². The number of aryl methyl sites for hydroxylation is 1. The van der Waals surface area contributed by atoms with Gasteiger partial charge in [0.25, 0.3) is 0 Å². The van der Waals surface area contributed by atoms with E-state index in [-0.39, 0.29) is 11.9 Å². The normalized spacial score (nSPS) is 24.1. The van der Waals surface area contributed by atoms with Gasteiger partial charge in [-0.1, -0.05) is 35.9 Å². The first-order valence-electron chi connectivity index (χ1n) is 9.58. The standard InChI is InChI=1S/C21H30N2O2/c22-14-19-7-5-18(6-8-19)13-17-3-1-16(2-4-17)9-10-20(24)21-15-23-11-12-25-21/h1-4,13,19,21,23H,5-12,14-15,22H2. The molecule has 3 rings (SSSR count). The second-order valence-electron chi connectivity index (χ2n) is 7.25. The zero-order valence-electron chi connectivity index (χ0n) is 15.0.